The number of carbonyl (C=O) groups excluding carboxylic acids is 2. The zero-order chi connectivity index (χ0) is 21.3. The van der Waals surface area contributed by atoms with Crippen LogP contribution in [0.1, 0.15) is 19.8 Å². The van der Waals surface area contributed by atoms with Crippen molar-refractivity contribution < 1.29 is 14.3 Å². The van der Waals surface area contributed by atoms with Crippen LogP contribution in [0.3, 0.4) is 0 Å². The Bertz CT molecular complexity index is 1000. The average Bonchev–Trinajstić information content (AvgIpc) is 3.22. The highest BCUT2D eigenvalue weighted by atomic mass is 32.2. The quantitative estimate of drug-likeness (QED) is 0.441. The first kappa shape index (κ1) is 21.9. The summed E-state index contributed by atoms with van der Waals surface area (Å²) in [6, 6.07) is 15.1. The lowest BCUT2D eigenvalue weighted by atomic mass is 10.2. The number of nitrogens with one attached hydrogen (secondary N) is 2. The number of methoxy groups -OCH3 is 1. The fraction of sp³-hybridized carbons (Fsp3) is 0.227. The summed E-state index contributed by atoms with van der Waals surface area (Å²) in [4.78, 5) is 29.3. The summed E-state index contributed by atoms with van der Waals surface area (Å²) in [6.45, 7) is 1.97. The number of nitrogens with zero attached hydrogens (tertiary/aromatic N) is 1. The van der Waals surface area contributed by atoms with Crippen molar-refractivity contribution in [2.24, 2.45) is 0 Å². The highest BCUT2D eigenvalue weighted by Crippen LogP contribution is 2.28. The van der Waals surface area contributed by atoms with E-state index in [9.17, 15) is 9.59 Å². The van der Waals surface area contributed by atoms with Gasteiger partial charge in [-0.25, -0.2) is 4.98 Å². The van der Waals surface area contributed by atoms with Crippen molar-refractivity contribution in [1.29, 1.82) is 0 Å². The van der Waals surface area contributed by atoms with Crippen LogP contribution in [0.5, 0.6) is 5.75 Å². The molecular weight excluding hydrogens is 418 g/mol. The van der Waals surface area contributed by atoms with E-state index in [1.165, 1.54) is 23.1 Å². The Kier molecular flexibility index (Phi) is 7.87. The lowest BCUT2D eigenvalue weighted by molar-refractivity contribution is -0.116. The van der Waals surface area contributed by atoms with E-state index >= 15 is 0 Å². The van der Waals surface area contributed by atoms with Crippen LogP contribution in [0, 0.1) is 0 Å². The molecule has 30 heavy (non-hydrogen) atoms. The molecule has 2 amide bonds. The Balaban J connectivity index is 1.50. The summed E-state index contributed by atoms with van der Waals surface area (Å²) >= 11 is 2.82. The molecule has 0 saturated heterocycles. The van der Waals surface area contributed by atoms with Gasteiger partial charge in [-0.05, 0) is 42.8 Å². The number of aromatic nitrogens is 1. The Morgan fingerprint density at radius 3 is 2.63 bits per heavy atom. The first-order valence-electron chi connectivity index (χ1n) is 9.50. The maximum Gasteiger partial charge on any atom is 0.236 e. The molecule has 0 bridgehead atoms. The molecule has 0 aliphatic heterocycles. The molecule has 0 spiro atoms. The Morgan fingerprint density at radius 1 is 1.10 bits per heavy atom. The summed E-state index contributed by atoms with van der Waals surface area (Å²) in [5, 5.41) is 8.16. The highest BCUT2D eigenvalue weighted by molar-refractivity contribution is 8.00. The second kappa shape index (κ2) is 10.8. The maximum atomic E-state index is 12.3. The minimum Gasteiger partial charge on any atom is -0.497 e. The van der Waals surface area contributed by atoms with Gasteiger partial charge in [0.25, 0.3) is 0 Å². The third-order valence-electron chi connectivity index (χ3n) is 4.10. The molecule has 8 heteroatoms. The molecule has 2 N–H and O–H groups in total. The lowest BCUT2D eigenvalue weighted by Crippen LogP contribution is -2.13. The van der Waals surface area contributed by atoms with Crippen molar-refractivity contribution >= 4 is 45.7 Å². The van der Waals surface area contributed by atoms with E-state index in [0.29, 0.717) is 11.6 Å². The van der Waals surface area contributed by atoms with E-state index in [2.05, 4.69) is 15.6 Å². The molecule has 0 atom stereocenters. The van der Waals surface area contributed by atoms with Crippen LogP contribution in [0.15, 0.2) is 58.8 Å². The smallest absolute Gasteiger partial charge is 0.236 e. The summed E-state index contributed by atoms with van der Waals surface area (Å²) in [6.07, 6.45) is 1.32. The van der Waals surface area contributed by atoms with Crippen molar-refractivity contribution in [3.63, 3.8) is 0 Å². The minimum atomic E-state index is -0.119. The molecule has 3 aromatic rings. The topological polar surface area (TPSA) is 80.3 Å². The van der Waals surface area contributed by atoms with Gasteiger partial charge in [-0.1, -0.05) is 19.1 Å². The number of thioether (sulfide) groups is 1. The summed E-state index contributed by atoms with van der Waals surface area (Å²) in [7, 11) is 1.62. The Labute approximate surface area is 184 Å². The first-order valence-corrected chi connectivity index (χ1v) is 11.4. The molecule has 0 aliphatic rings. The van der Waals surface area contributed by atoms with E-state index in [-0.39, 0.29) is 17.6 Å². The number of anilines is 2. The highest BCUT2D eigenvalue weighted by Gasteiger charge is 2.10. The van der Waals surface area contributed by atoms with E-state index < -0.39 is 0 Å². The van der Waals surface area contributed by atoms with Crippen molar-refractivity contribution in [3.8, 4) is 17.0 Å². The van der Waals surface area contributed by atoms with Gasteiger partial charge in [0.15, 0.2) is 5.13 Å². The third kappa shape index (κ3) is 6.33. The van der Waals surface area contributed by atoms with Crippen LogP contribution in [-0.2, 0) is 9.59 Å². The van der Waals surface area contributed by atoms with E-state index in [0.717, 1.165) is 34.0 Å². The number of thiazole rings is 1. The monoisotopic (exact) mass is 441 g/mol. The molecule has 3 rings (SSSR count). The predicted octanol–water partition coefficient (Wildman–Crippen LogP) is 5.29. The number of ether oxygens (including phenoxy) is 1. The molecule has 0 aliphatic carbocycles. The van der Waals surface area contributed by atoms with Crippen LogP contribution in [-0.4, -0.2) is 29.7 Å². The zero-order valence-electron chi connectivity index (χ0n) is 16.8. The Morgan fingerprint density at radius 2 is 1.90 bits per heavy atom. The molecule has 6 nitrogen and oxygen atoms in total. The van der Waals surface area contributed by atoms with Gasteiger partial charge in [0.2, 0.25) is 11.8 Å². The summed E-state index contributed by atoms with van der Waals surface area (Å²) in [5.41, 5.74) is 2.49. The number of amides is 2. The van der Waals surface area contributed by atoms with Crippen molar-refractivity contribution in [2.75, 3.05) is 23.5 Å². The van der Waals surface area contributed by atoms with Crippen molar-refractivity contribution in [2.45, 2.75) is 24.7 Å². The maximum absolute atomic E-state index is 12.3. The van der Waals surface area contributed by atoms with Gasteiger partial charge in [0.05, 0.1) is 18.6 Å². The lowest BCUT2D eigenvalue weighted by Gasteiger charge is -2.06. The number of carbonyl (C=O) groups is 2. The molecule has 2 aromatic carbocycles. The van der Waals surface area contributed by atoms with Crippen LogP contribution >= 0.6 is 23.1 Å². The molecule has 0 unspecified atom stereocenters. The SMILES string of the molecule is CCCC(=O)Nc1ccc(SCC(=O)Nc2nc(-c3cccc(OC)c3)cs2)cc1. The fourth-order valence-corrected chi connectivity index (χ4v) is 4.07. The van der Waals surface area contributed by atoms with E-state index in [1.54, 1.807) is 7.11 Å². The minimum absolute atomic E-state index is 0.00837. The van der Waals surface area contributed by atoms with Crippen molar-refractivity contribution in [1.82, 2.24) is 4.98 Å². The normalized spacial score (nSPS) is 10.5. The third-order valence-corrected chi connectivity index (χ3v) is 5.87. The molecule has 0 saturated carbocycles. The molecule has 1 heterocycles. The molecule has 0 fully saturated rings. The predicted molar refractivity (Wildman–Crippen MR) is 123 cm³/mol. The zero-order valence-corrected chi connectivity index (χ0v) is 18.4. The summed E-state index contributed by atoms with van der Waals surface area (Å²) < 4.78 is 5.24. The van der Waals surface area contributed by atoms with Crippen molar-refractivity contribution in [3.05, 3.63) is 53.9 Å². The Hall–Kier alpha value is -2.84. The van der Waals surface area contributed by atoms with Gasteiger partial charge in [0, 0.05) is 27.9 Å². The molecule has 156 valence electrons. The first-order chi connectivity index (χ1) is 14.6. The van der Waals surface area contributed by atoms with E-state index in [1.807, 2.05) is 60.8 Å². The summed E-state index contributed by atoms with van der Waals surface area (Å²) in [5.74, 6) is 0.926. The van der Waals surface area contributed by atoms with Crippen LogP contribution in [0.25, 0.3) is 11.3 Å². The van der Waals surface area contributed by atoms with Gasteiger partial charge < -0.3 is 15.4 Å². The van der Waals surface area contributed by atoms with Gasteiger partial charge in [-0.2, -0.15) is 0 Å². The molecule has 0 radical (unpaired) electrons. The van der Waals surface area contributed by atoms with Crippen LogP contribution < -0.4 is 15.4 Å². The van der Waals surface area contributed by atoms with Gasteiger partial charge >= 0.3 is 0 Å². The van der Waals surface area contributed by atoms with Crippen LogP contribution in [0.4, 0.5) is 10.8 Å². The second-order valence-electron chi connectivity index (χ2n) is 6.43. The van der Waals surface area contributed by atoms with Gasteiger partial charge in [0.1, 0.15) is 5.75 Å². The van der Waals surface area contributed by atoms with E-state index in [4.69, 9.17) is 4.74 Å². The standard InChI is InChI=1S/C22H23N3O3S2/c1-3-5-20(26)23-16-8-10-18(11-9-16)29-14-21(27)25-22-24-19(13-30-22)15-6-4-7-17(12-15)28-2/h4,6-13H,3,5,14H2,1-2H3,(H,23,26)(H,24,25,27). The number of hydrogen-bond donors (Lipinski definition) is 2. The fourth-order valence-electron chi connectivity index (χ4n) is 2.64. The molecule has 1 aromatic heterocycles. The van der Waals surface area contributed by atoms with Gasteiger partial charge in [-0.15, -0.1) is 23.1 Å². The largest absolute Gasteiger partial charge is 0.497 e. The van der Waals surface area contributed by atoms with Gasteiger partial charge in [-0.3, -0.25) is 9.59 Å². The number of rotatable bonds is 9. The number of benzene rings is 2. The number of hydrogen-bond acceptors (Lipinski definition) is 6. The second-order valence-corrected chi connectivity index (χ2v) is 8.34. The average molecular weight is 442 g/mol. The molecular formula is C22H23N3O3S2. The van der Waals surface area contributed by atoms with Crippen LogP contribution in [0.2, 0.25) is 0 Å².